The number of aromatic amines is 1. The van der Waals surface area contributed by atoms with E-state index in [0.29, 0.717) is 6.54 Å². The van der Waals surface area contributed by atoms with Crippen LogP contribution in [0, 0.1) is 0 Å². The molecule has 6 rings (SSSR count). The molecule has 1 aliphatic heterocycles. The molecule has 4 nitrogen and oxygen atoms in total. The summed E-state index contributed by atoms with van der Waals surface area (Å²) >= 11 is 0. The van der Waals surface area contributed by atoms with E-state index in [1.165, 1.54) is 59.0 Å². The first-order chi connectivity index (χ1) is 16.4. The summed E-state index contributed by atoms with van der Waals surface area (Å²) in [5, 5.41) is 1.29. The van der Waals surface area contributed by atoms with Crippen LogP contribution in [0.15, 0.2) is 48.5 Å². The third-order valence-corrected chi connectivity index (χ3v) is 8.49. The third-order valence-electron chi connectivity index (χ3n) is 8.49. The van der Waals surface area contributed by atoms with Crippen molar-refractivity contribution in [1.82, 2.24) is 9.88 Å². The molecule has 0 saturated heterocycles. The first kappa shape index (κ1) is 21.8. The number of carbonyl (C=O) groups is 1. The van der Waals surface area contributed by atoms with Crippen LogP contribution in [0.5, 0.6) is 0 Å². The number of amides is 1. The van der Waals surface area contributed by atoms with Gasteiger partial charge >= 0.3 is 6.09 Å². The summed E-state index contributed by atoms with van der Waals surface area (Å²) in [5.41, 5.74) is 6.00. The van der Waals surface area contributed by atoms with Gasteiger partial charge in [-0.2, -0.15) is 0 Å². The fourth-order valence-corrected chi connectivity index (χ4v) is 6.44. The molecule has 3 aliphatic rings. The summed E-state index contributed by atoms with van der Waals surface area (Å²) in [7, 11) is 0. The average molecular weight is 457 g/mol. The zero-order chi connectivity index (χ0) is 23.5. The molecule has 1 unspecified atom stereocenters. The number of fused-ring (bicyclic) bond motifs is 3. The molecule has 2 aliphatic carbocycles. The number of hydrogen-bond acceptors (Lipinski definition) is 2. The molecule has 0 spiro atoms. The van der Waals surface area contributed by atoms with Gasteiger partial charge in [0, 0.05) is 28.6 Å². The average Bonchev–Trinajstić information content (AvgIpc) is 3.11. The molecule has 1 amide bonds. The molecular weight excluding hydrogens is 420 g/mol. The van der Waals surface area contributed by atoms with Crippen molar-refractivity contribution in [2.24, 2.45) is 0 Å². The number of rotatable bonds is 3. The van der Waals surface area contributed by atoms with E-state index in [1.807, 2.05) is 25.7 Å². The Balaban J connectivity index is 1.46. The summed E-state index contributed by atoms with van der Waals surface area (Å²) in [6.07, 6.45) is 8.02. The Morgan fingerprint density at radius 1 is 1.03 bits per heavy atom. The zero-order valence-corrected chi connectivity index (χ0v) is 20.7. The van der Waals surface area contributed by atoms with Gasteiger partial charge in [-0.3, -0.25) is 4.90 Å². The van der Waals surface area contributed by atoms with Gasteiger partial charge in [0.25, 0.3) is 0 Å². The van der Waals surface area contributed by atoms with Gasteiger partial charge in [-0.15, -0.1) is 0 Å². The number of ether oxygens (including phenoxy) is 1. The van der Waals surface area contributed by atoms with Gasteiger partial charge in [-0.25, -0.2) is 4.79 Å². The number of H-pyrrole nitrogens is 1. The SMILES string of the molecule is CC(C)(C)OC(=O)N1CCc2c([nH]c3ccccc23)C1C1(c2ccc(C3CCC3)cc2)CCC1. The van der Waals surface area contributed by atoms with Gasteiger partial charge in [0.1, 0.15) is 5.60 Å². The lowest BCUT2D eigenvalue weighted by Gasteiger charge is -2.53. The predicted octanol–water partition coefficient (Wildman–Crippen LogP) is 7.39. The molecule has 2 heterocycles. The van der Waals surface area contributed by atoms with E-state index in [2.05, 4.69) is 53.5 Å². The fourth-order valence-electron chi connectivity index (χ4n) is 6.44. The molecule has 34 heavy (non-hydrogen) atoms. The lowest BCUT2D eigenvalue weighted by Crippen LogP contribution is -2.54. The second kappa shape index (κ2) is 7.90. The second-order valence-electron chi connectivity index (χ2n) is 11.6. The van der Waals surface area contributed by atoms with Crippen LogP contribution < -0.4 is 0 Å². The van der Waals surface area contributed by atoms with Crippen molar-refractivity contribution in [2.75, 3.05) is 6.54 Å². The van der Waals surface area contributed by atoms with Crippen LogP contribution in [0.2, 0.25) is 0 Å². The first-order valence-electron chi connectivity index (χ1n) is 13.1. The first-order valence-corrected chi connectivity index (χ1v) is 13.1. The van der Waals surface area contributed by atoms with Crippen LogP contribution in [0.3, 0.4) is 0 Å². The molecule has 2 aromatic carbocycles. The van der Waals surface area contributed by atoms with Crippen LogP contribution in [0.25, 0.3) is 10.9 Å². The summed E-state index contributed by atoms with van der Waals surface area (Å²) in [6, 6.07) is 18.0. The Morgan fingerprint density at radius 3 is 2.38 bits per heavy atom. The highest BCUT2D eigenvalue weighted by Crippen LogP contribution is 2.57. The molecule has 0 bridgehead atoms. The summed E-state index contributed by atoms with van der Waals surface area (Å²) in [4.78, 5) is 19.3. The normalized spacial score (nSPS) is 22.1. The Bertz CT molecular complexity index is 1210. The molecule has 3 aromatic rings. The number of hydrogen-bond donors (Lipinski definition) is 1. The fraction of sp³-hybridized carbons (Fsp3) is 0.500. The number of carbonyl (C=O) groups excluding carboxylic acids is 1. The molecule has 2 saturated carbocycles. The standard InChI is InChI=1S/C30H36N2O2/c1-29(2,3)34-28(33)32-19-16-24-23-10-4-5-11-25(23)31-26(24)27(32)30(17-7-18-30)22-14-12-21(13-15-22)20-8-6-9-20/h4-5,10-15,20,27,31H,6-9,16-19H2,1-3H3. The van der Waals surface area contributed by atoms with E-state index in [4.69, 9.17) is 4.74 Å². The van der Waals surface area contributed by atoms with Gasteiger partial charge in [0.15, 0.2) is 0 Å². The molecule has 1 aromatic heterocycles. The topological polar surface area (TPSA) is 45.3 Å². The quantitative estimate of drug-likeness (QED) is 0.446. The maximum absolute atomic E-state index is 13.5. The van der Waals surface area contributed by atoms with E-state index >= 15 is 0 Å². The van der Waals surface area contributed by atoms with Crippen molar-refractivity contribution in [3.8, 4) is 0 Å². The van der Waals surface area contributed by atoms with Crippen LogP contribution in [-0.2, 0) is 16.6 Å². The second-order valence-corrected chi connectivity index (χ2v) is 11.6. The third kappa shape index (κ3) is 3.45. The smallest absolute Gasteiger partial charge is 0.410 e. The van der Waals surface area contributed by atoms with E-state index in [1.54, 1.807) is 0 Å². The molecular formula is C30H36N2O2. The largest absolute Gasteiger partial charge is 0.444 e. The van der Waals surface area contributed by atoms with Crippen molar-refractivity contribution in [3.63, 3.8) is 0 Å². The minimum absolute atomic E-state index is 0.0400. The molecule has 0 radical (unpaired) electrons. The van der Waals surface area contributed by atoms with Crippen LogP contribution in [-0.4, -0.2) is 28.1 Å². The van der Waals surface area contributed by atoms with E-state index in [0.717, 1.165) is 25.2 Å². The Kier molecular flexibility index (Phi) is 5.05. The molecule has 2 fully saturated rings. The highest BCUT2D eigenvalue weighted by Gasteiger charge is 2.53. The van der Waals surface area contributed by atoms with Crippen molar-refractivity contribution < 1.29 is 9.53 Å². The van der Waals surface area contributed by atoms with Gasteiger partial charge in [-0.05, 0) is 81.5 Å². The van der Waals surface area contributed by atoms with Gasteiger partial charge in [0.05, 0.1) is 6.04 Å². The van der Waals surface area contributed by atoms with Crippen molar-refractivity contribution in [1.29, 1.82) is 0 Å². The highest BCUT2D eigenvalue weighted by atomic mass is 16.6. The lowest BCUT2D eigenvalue weighted by molar-refractivity contribution is -0.00889. The molecule has 1 N–H and O–H groups in total. The Hall–Kier alpha value is -2.75. The van der Waals surface area contributed by atoms with Crippen molar-refractivity contribution in [3.05, 3.63) is 70.9 Å². The monoisotopic (exact) mass is 456 g/mol. The van der Waals surface area contributed by atoms with Crippen molar-refractivity contribution in [2.45, 2.75) is 88.7 Å². The number of nitrogens with zero attached hydrogens (tertiary/aromatic N) is 1. The van der Waals surface area contributed by atoms with E-state index in [-0.39, 0.29) is 17.6 Å². The summed E-state index contributed by atoms with van der Waals surface area (Å²) in [6.45, 7) is 6.56. The van der Waals surface area contributed by atoms with Crippen molar-refractivity contribution >= 4 is 17.0 Å². The lowest BCUT2D eigenvalue weighted by atomic mass is 9.58. The predicted molar refractivity (Wildman–Crippen MR) is 136 cm³/mol. The number of nitrogens with one attached hydrogen (secondary N) is 1. The maximum atomic E-state index is 13.5. The maximum Gasteiger partial charge on any atom is 0.410 e. The molecule has 178 valence electrons. The van der Waals surface area contributed by atoms with E-state index in [9.17, 15) is 4.79 Å². The Morgan fingerprint density at radius 2 is 1.76 bits per heavy atom. The minimum Gasteiger partial charge on any atom is -0.444 e. The summed E-state index contributed by atoms with van der Waals surface area (Å²) < 4.78 is 5.94. The summed E-state index contributed by atoms with van der Waals surface area (Å²) in [5.74, 6) is 0.736. The van der Waals surface area contributed by atoms with Crippen LogP contribution in [0.4, 0.5) is 4.79 Å². The van der Waals surface area contributed by atoms with Gasteiger partial charge in [0.2, 0.25) is 0 Å². The van der Waals surface area contributed by atoms with E-state index < -0.39 is 5.60 Å². The molecule has 4 heteroatoms. The minimum atomic E-state index is -0.514. The molecule has 1 atom stereocenters. The highest BCUT2D eigenvalue weighted by molar-refractivity contribution is 5.86. The van der Waals surface area contributed by atoms with Gasteiger partial charge in [-0.1, -0.05) is 55.3 Å². The van der Waals surface area contributed by atoms with Crippen LogP contribution >= 0.6 is 0 Å². The van der Waals surface area contributed by atoms with Crippen LogP contribution in [0.1, 0.15) is 93.6 Å². The Labute approximate surface area is 202 Å². The van der Waals surface area contributed by atoms with Gasteiger partial charge < -0.3 is 9.72 Å². The number of para-hydroxylation sites is 1. The number of aromatic nitrogens is 1. The zero-order valence-electron chi connectivity index (χ0n) is 20.7. The number of benzene rings is 2.